The summed E-state index contributed by atoms with van der Waals surface area (Å²) in [6.45, 7) is 1.89. The van der Waals surface area contributed by atoms with E-state index in [1.165, 1.54) is 21.8 Å². The highest BCUT2D eigenvalue weighted by atomic mass is 32.2. The fourth-order valence-electron chi connectivity index (χ4n) is 3.53. The molecule has 0 saturated heterocycles. The average molecular weight is 413 g/mol. The zero-order valence-electron chi connectivity index (χ0n) is 16.4. The topological polar surface area (TPSA) is 58.1 Å². The number of thiophene rings is 1. The van der Waals surface area contributed by atoms with Gasteiger partial charge in [-0.05, 0) is 43.9 Å². The summed E-state index contributed by atoms with van der Waals surface area (Å²) >= 11 is 3.51. The summed E-state index contributed by atoms with van der Waals surface area (Å²) in [6, 6.07) is 9.96. The summed E-state index contributed by atoms with van der Waals surface area (Å²) in [4.78, 5) is 27.3. The fraction of sp³-hybridized carbons (Fsp3) is 0.381. The molecule has 1 aliphatic rings. The van der Waals surface area contributed by atoms with Gasteiger partial charge in [0, 0.05) is 23.9 Å². The van der Waals surface area contributed by atoms with E-state index in [1.807, 2.05) is 25.1 Å². The number of carbonyl (C=O) groups excluding carboxylic acids is 1. The first-order valence-electron chi connectivity index (χ1n) is 9.49. The zero-order chi connectivity index (χ0) is 19.7. The lowest BCUT2D eigenvalue weighted by Gasteiger charge is -2.19. The van der Waals surface area contributed by atoms with E-state index in [0.29, 0.717) is 5.75 Å². The van der Waals surface area contributed by atoms with Crippen LogP contribution in [0, 0.1) is 0 Å². The van der Waals surface area contributed by atoms with E-state index in [-0.39, 0.29) is 11.9 Å². The SMILES string of the molecule is C[C@@H](Nc1nc(CSc2ccccc2)nc2sc3c(c12)CCC3)C(=O)N(C)C. The van der Waals surface area contributed by atoms with Crippen molar-refractivity contribution in [2.24, 2.45) is 0 Å². The van der Waals surface area contributed by atoms with E-state index in [2.05, 4.69) is 17.4 Å². The maximum Gasteiger partial charge on any atom is 0.244 e. The predicted octanol–water partition coefficient (Wildman–Crippen LogP) is 4.36. The summed E-state index contributed by atoms with van der Waals surface area (Å²) in [5.41, 5.74) is 1.37. The average Bonchev–Trinajstić information content (AvgIpc) is 3.27. The van der Waals surface area contributed by atoms with Crippen molar-refractivity contribution in [3.8, 4) is 0 Å². The maximum atomic E-state index is 12.4. The van der Waals surface area contributed by atoms with Gasteiger partial charge in [-0.15, -0.1) is 23.1 Å². The summed E-state index contributed by atoms with van der Waals surface area (Å²) in [6.07, 6.45) is 3.38. The van der Waals surface area contributed by atoms with E-state index < -0.39 is 0 Å². The van der Waals surface area contributed by atoms with Gasteiger partial charge in [-0.2, -0.15) is 0 Å². The number of carbonyl (C=O) groups is 1. The molecule has 1 atom stereocenters. The smallest absolute Gasteiger partial charge is 0.244 e. The van der Waals surface area contributed by atoms with Gasteiger partial charge in [-0.1, -0.05) is 18.2 Å². The van der Waals surface area contributed by atoms with Crippen LogP contribution in [0.4, 0.5) is 5.82 Å². The van der Waals surface area contributed by atoms with E-state index in [1.54, 1.807) is 42.1 Å². The summed E-state index contributed by atoms with van der Waals surface area (Å²) in [7, 11) is 3.56. The van der Waals surface area contributed by atoms with E-state index >= 15 is 0 Å². The Morgan fingerprint density at radius 1 is 1.25 bits per heavy atom. The Kier molecular flexibility index (Phi) is 5.55. The molecule has 7 heteroatoms. The Morgan fingerprint density at radius 3 is 2.79 bits per heavy atom. The highest BCUT2D eigenvalue weighted by Crippen LogP contribution is 2.40. The third-order valence-corrected chi connectivity index (χ3v) is 7.08. The molecule has 0 aliphatic heterocycles. The van der Waals surface area contributed by atoms with E-state index in [0.717, 1.165) is 34.7 Å². The van der Waals surface area contributed by atoms with Crippen LogP contribution in [0.3, 0.4) is 0 Å². The second-order valence-electron chi connectivity index (χ2n) is 7.23. The number of benzene rings is 1. The van der Waals surface area contributed by atoms with E-state index in [4.69, 9.17) is 9.97 Å². The molecule has 0 bridgehead atoms. The van der Waals surface area contributed by atoms with Crippen LogP contribution in [0.15, 0.2) is 35.2 Å². The van der Waals surface area contributed by atoms with Crippen LogP contribution in [0.1, 0.15) is 29.6 Å². The maximum absolute atomic E-state index is 12.4. The van der Waals surface area contributed by atoms with Crippen LogP contribution >= 0.6 is 23.1 Å². The van der Waals surface area contributed by atoms with Crippen molar-refractivity contribution in [1.29, 1.82) is 0 Å². The lowest BCUT2D eigenvalue weighted by atomic mass is 10.1. The van der Waals surface area contributed by atoms with Crippen LogP contribution in [0.25, 0.3) is 10.2 Å². The molecule has 3 aromatic rings. The number of likely N-dealkylation sites (N-methyl/N-ethyl adjacent to an activating group) is 1. The third kappa shape index (κ3) is 3.86. The van der Waals surface area contributed by atoms with Crippen LogP contribution in [-0.2, 0) is 23.4 Å². The lowest BCUT2D eigenvalue weighted by molar-refractivity contribution is -0.129. The van der Waals surface area contributed by atoms with Crippen LogP contribution in [0.5, 0.6) is 0 Å². The molecule has 0 radical (unpaired) electrons. The number of nitrogens with one attached hydrogen (secondary N) is 1. The highest BCUT2D eigenvalue weighted by Gasteiger charge is 2.24. The van der Waals surface area contributed by atoms with Crippen molar-refractivity contribution in [2.75, 3.05) is 19.4 Å². The van der Waals surface area contributed by atoms with Gasteiger partial charge in [0.15, 0.2) is 0 Å². The van der Waals surface area contributed by atoms with Crippen molar-refractivity contribution in [3.63, 3.8) is 0 Å². The Morgan fingerprint density at radius 2 is 2.04 bits per heavy atom. The molecule has 0 saturated carbocycles. The minimum Gasteiger partial charge on any atom is -0.358 e. The molecule has 0 fully saturated rings. The first kappa shape index (κ1) is 19.2. The molecule has 1 N–H and O–H groups in total. The van der Waals surface area contributed by atoms with Crippen LogP contribution in [-0.4, -0.2) is 40.9 Å². The minimum absolute atomic E-state index is 0.0406. The van der Waals surface area contributed by atoms with Gasteiger partial charge in [0.1, 0.15) is 22.5 Å². The highest BCUT2D eigenvalue weighted by molar-refractivity contribution is 7.98. The summed E-state index contributed by atoms with van der Waals surface area (Å²) < 4.78 is 0. The summed E-state index contributed by atoms with van der Waals surface area (Å²) in [5, 5.41) is 4.49. The monoisotopic (exact) mass is 412 g/mol. The molecule has 5 nitrogen and oxygen atoms in total. The number of aryl methyl sites for hydroxylation is 2. The number of hydrogen-bond acceptors (Lipinski definition) is 6. The normalized spacial score (nSPS) is 14.1. The number of aromatic nitrogens is 2. The Bertz CT molecular complexity index is 1000. The number of hydrogen-bond donors (Lipinski definition) is 1. The molecule has 28 heavy (non-hydrogen) atoms. The van der Waals surface area contributed by atoms with Crippen molar-refractivity contribution >= 4 is 45.0 Å². The molecule has 1 aliphatic carbocycles. The van der Waals surface area contributed by atoms with Crippen molar-refractivity contribution in [1.82, 2.24) is 14.9 Å². The standard InChI is InChI=1S/C21H24N4OS2/c1-13(21(26)25(2)3)22-19-18-15-10-7-11-16(15)28-20(18)24-17(23-19)12-27-14-8-5-4-6-9-14/h4-6,8-9,13H,7,10-12H2,1-3H3,(H,22,23,24)/t13-/m1/s1. The van der Waals surface area contributed by atoms with Gasteiger partial charge < -0.3 is 10.2 Å². The number of anilines is 1. The Labute approximate surface area is 173 Å². The summed E-state index contributed by atoms with van der Waals surface area (Å²) in [5.74, 6) is 2.34. The van der Waals surface area contributed by atoms with Crippen LogP contribution in [0.2, 0.25) is 0 Å². The lowest BCUT2D eigenvalue weighted by Crippen LogP contribution is -2.37. The van der Waals surface area contributed by atoms with Gasteiger partial charge in [-0.3, -0.25) is 4.79 Å². The number of nitrogens with zero attached hydrogens (tertiary/aromatic N) is 3. The molecule has 4 rings (SSSR count). The molecule has 2 heterocycles. The van der Waals surface area contributed by atoms with Crippen molar-refractivity contribution < 1.29 is 4.79 Å². The number of rotatable bonds is 6. The molecule has 1 amide bonds. The molecular formula is C21H24N4OS2. The second-order valence-corrected chi connectivity index (χ2v) is 9.36. The Hall–Kier alpha value is -2.12. The third-order valence-electron chi connectivity index (χ3n) is 4.89. The fourth-order valence-corrected chi connectivity index (χ4v) is 5.58. The number of amides is 1. The molecule has 0 unspecified atom stereocenters. The van der Waals surface area contributed by atoms with Gasteiger partial charge in [0.05, 0.1) is 11.1 Å². The van der Waals surface area contributed by atoms with Crippen LogP contribution < -0.4 is 5.32 Å². The number of thioether (sulfide) groups is 1. The van der Waals surface area contributed by atoms with Crippen molar-refractivity contribution in [2.45, 2.75) is 42.9 Å². The predicted molar refractivity (Wildman–Crippen MR) is 117 cm³/mol. The molecule has 2 aromatic heterocycles. The molecule has 0 spiro atoms. The Balaban J connectivity index is 1.67. The molecule has 146 valence electrons. The minimum atomic E-state index is -0.334. The zero-order valence-corrected chi connectivity index (χ0v) is 18.0. The van der Waals surface area contributed by atoms with Gasteiger partial charge in [-0.25, -0.2) is 9.97 Å². The van der Waals surface area contributed by atoms with Gasteiger partial charge in [0.25, 0.3) is 0 Å². The van der Waals surface area contributed by atoms with E-state index in [9.17, 15) is 4.79 Å². The first-order valence-corrected chi connectivity index (χ1v) is 11.3. The molecule has 1 aromatic carbocycles. The second kappa shape index (κ2) is 8.09. The van der Waals surface area contributed by atoms with Gasteiger partial charge in [0.2, 0.25) is 5.91 Å². The van der Waals surface area contributed by atoms with Crippen molar-refractivity contribution in [3.05, 3.63) is 46.6 Å². The largest absolute Gasteiger partial charge is 0.358 e. The van der Waals surface area contributed by atoms with Gasteiger partial charge >= 0.3 is 0 Å². The number of fused-ring (bicyclic) bond motifs is 3. The molecular weight excluding hydrogens is 388 g/mol. The quantitative estimate of drug-likeness (QED) is 0.610. The first-order chi connectivity index (χ1) is 13.5.